The zero-order valence-corrected chi connectivity index (χ0v) is 11.7. The van der Waals surface area contributed by atoms with Gasteiger partial charge in [-0.2, -0.15) is 0 Å². The van der Waals surface area contributed by atoms with Crippen molar-refractivity contribution in [3.8, 4) is 0 Å². The summed E-state index contributed by atoms with van der Waals surface area (Å²) >= 11 is 0. The largest absolute Gasteiger partial charge is 0.409 e. The minimum Gasteiger partial charge on any atom is -0.409 e. The molecule has 3 N–H and O–H groups in total. The van der Waals surface area contributed by atoms with Crippen LogP contribution in [0.25, 0.3) is 0 Å². The number of anilines is 1. The van der Waals surface area contributed by atoms with Crippen LogP contribution in [0.2, 0.25) is 0 Å². The first-order valence-corrected chi connectivity index (χ1v) is 6.48. The number of hydrogen-bond donors (Lipinski definition) is 2. The first-order chi connectivity index (χ1) is 9.49. The third kappa shape index (κ3) is 2.46. The minimum atomic E-state index is -0.799. The summed E-state index contributed by atoms with van der Waals surface area (Å²) < 4.78 is 5.57. The lowest BCUT2D eigenvalue weighted by Gasteiger charge is -2.29. The van der Waals surface area contributed by atoms with Crippen LogP contribution in [0, 0.1) is 0 Å². The molecule has 0 spiro atoms. The standard InChI is InChI=1S/C14H19N3O3/c1-14(8-5-9-20-14)13(18)17(2)11-7-4-3-6-10(11)12(15)16-19/h3-4,6-7,19H,5,8-9H2,1-2H3,(H2,15,16). The molecular weight excluding hydrogens is 258 g/mol. The summed E-state index contributed by atoms with van der Waals surface area (Å²) in [6, 6.07) is 7.02. The molecule has 0 aliphatic carbocycles. The van der Waals surface area contributed by atoms with Gasteiger partial charge in [-0.3, -0.25) is 4.79 Å². The van der Waals surface area contributed by atoms with Gasteiger partial charge >= 0.3 is 0 Å². The fraction of sp³-hybridized carbons (Fsp3) is 0.429. The molecule has 1 aromatic carbocycles. The van der Waals surface area contributed by atoms with E-state index in [9.17, 15) is 4.79 Å². The van der Waals surface area contributed by atoms with Gasteiger partial charge in [0.15, 0.2) is 5.84 Å². The Morgan fingerprint density at radius 3 is 2.80 bits per heavy atom. The number of carbonyl (C=O) groups is 1. The molecule has 1 aliphatic heterocycles. The topological polar surface area (TPSA) is 88.2 Å². The number of oxime groups is 1. The number of amidine groups is 1. The van der Waals surface area contributed by atoms with E-state index in [0.717, 1.165) is 6.42 Å². The average Bonchev–Trinajstić information content (AvgIpc) is 2.93. The highest BCUT2D eigenvalue weighted by Gasteiger charge is 2.40. The van der Waals surface area contributed by atoms with E-state index < -0.39 is 5.60 Å². The molecule has 0 saturated carbocycles. The molecule has 0 radical (unpaired) electrons. The molecule has 1 saturated heterocycles. The first kappa shape index (κ1) is 14.3. The Hall–Kier alpha value is -2.08. The Morgan fingerprint density at radius 1 is 1.50 bits per heavy atom. The van der Waals surface area contributed by atoms with E-state index in [1.165, 1.54) is 4.90 Å². The van der Waals surface area contributed by atoms with Crippen molar-refractivity contribution < 1.29 is 14.7 Å². The normalized spacial score (nSPS) is 22.8. The Morgan fingerprint density at radius 2 is 2.20 bits per heavy atom. The SMILES string of the molecule is CN(C(=O)C1(C)CCCO1)c1ccccc1/C(N)=N/O. The molecule has 1 atom stereocenters. The lowest BCUT2D eigenvalue weighted by atomic mass is 10.0. The van der Waals surface area contributed by atoms with Crippen LogP contribution in [0.1, 0.15) is 25.3 Å². The molecule has 0 bridgehead atoms. The van der Waals surface area contributed by atoms with Crippen molar-refractivity contribution in [3.05, 3.63) is 29.8 Å². The summed E-state index contributed by atoms with van der Waals surface area (Å²) in [6.45, 7) is 2.39. The molecule has 1 amide bonds. The second-order valence-electron chi connectivity index (χ2n) is 5.05. The highest BCUT2D eigenvalue weighted by Crippen LogP contribution is 2.30. The predicted octanol–water partition coefficient (Wildman–Crippen LogP) is 1.31. The Balaban J connectivity index is 2.34. The number of benzene rings is 1. The number of hydrogen-bond acceptors (Lipinski definition) is 4. The summed E-state index contributed by atoms with van der Waals surface area (Å²) in [7, 11) is 1.67. The van der Waals surface area contributed by atoms with Crippen LogP contribution >= 0.6 is 0 Å². The number of nitrogens with zero attached hydrogens (tertiary/aromatic N) is 2. The second kappa shape index (κ2) is 5.50. The van der Waals surface area contributed by atoms with Crippen molar-refractivity contribution >= 4 is 17.4 Å². The van der Waals surface area contributed by atoms with Crippen molar-refractivity contribution in [2.24, 2.45) is 10.9 Å². The average molecular weight is 277 g/mol. The van der Waals surface area contributed by atoms with Crippen LogP contribution in [0.15, 0.2) is 29.4 Å². The molecule has 108 valence electrons. The molecule has 1 aliphatic rings. The van der Waals surface area contributed by atoms with Gasteiger partial charge < -0.3 is 20.6 Å². The van der Waals surface area contributed by atoms with Crippen molar-refractivity contribution in [1.82, 2.24) is 0 Å². The van der Waals surface area contributed by atoms with Gasteiger partial charge in [0.1, 0.15) is 5.60 Å². The van der Waals surface area contributed by atoms with Crippen molar-refractivity contribution in [1.29, 1.82) is 0 Å². The number of nitrogens with two attached hydrogens (primary N) is 1. The van der Waals surface area contributed by atoms with Crippen LogP contribution in [-0.2, 0) is 9.53 Å². The smallest absolute Gasteiger partial charge is 0.258 e. The molecular formula is C14H19N3O3. The van der Waals surface area contributed by atoms with Gasteiger partial charge in [-0.15, -0.1) is 0 Å². The zero-order valence-electron chi connectivity index (χ0n) is 11.7. The lowest BCUT2D eigenvalue weighted by molar-refractivity contribution is -0.136. The Labute approximate surface area is 117 Å². The summed E-state index contributed by atoms with van der Waals surface area (Å²) in [5.74, 6) is -0.161. The quantitative estimate of drug-likeness (QED) is 0.377. The van der Waals surface area contributed by atoms with E-state index in [4.69, 9.17) is 15.7 Å². The van der Waals surface area contributed by atoms with Gasteiger partial charge in [-0.05, 0) is 31.9 Å². The molecule has 20 heavy (non-hydrogen) atoms. The fourth-order valence-electron chi connectivity index (χ4n) is 2.45. The molecule has 1 fully saturated rings. The Kier molecular flexibility index (Phi) is 3.94. The number of amides is 1. The molecule has 0 aromatic heterocycles. The van der Waals surface area contributed by atoms with E-state index in [2.05, 4.69) is 5.16 Å². The molecule has 1 unspecified atom stereocenters. The van der Waals surface area contributed by atoms with Gasteiger partial charge in [0.2, 0.25) is 0 Å². The van der Waals surface area contributed by atoms with E-state index in [1.54, 1.807) is 38.2 Å². The zero-order chi connectivity index (χ0) is 14.8. The maximum absolute atomic E-state index is 12.6. The highest BCUT2D eigenvalue weighted by molar-refractivity contribution is 6.07. The summed E-state index contributed by atoms with van der Waals surface area (Å²) in [5, 5.41) is 11.8. The van der Waals surface area contributed by atoms with Crippen LogP contribution in [-0.4, -0.2) is 36.2 Å². The van der Waals surface area contributed by atoms with Crippen molar-refractivity contribution in [2.75, 3.05) is 18.6 Å². The van der Waals surface area contributed by atoms with Crippen LogP contribution in [0.3, 0.4) is 0 Å². The van der Waals surface area contributed by atoms with E-state index >= 15 is 0 Å². The first-order valence-electron chi connectivity index (χ1n) is 6.48. The monoisotopic (exact) mass is 277 g/mol. The van der Waals surface area contributed by atoms with Gasteiger partial charge in [0.05, 0.1) is 5.69 Å². The number of carbonyl (C=O) groups excluding carboxylic acids is 1. The molecule has 6 heteroatoms. The van der Waals surface area contributed by atoms with Crippen LogP contribution in [0.4, 0.5) is 5.69 Å². The van der Waals surface area contributed by atoms with Gasteiger partial charge in [0.25, 0.3) is 5.91 Å². The lowest BCUT2D eigenvalue weighted by Crippen LogP contribution is -2.45. The van der Waals surface area contributed by atoms with Crippen LogP contribution in [0.5, 0.6) is 0 Å². The summed E-state index contributed by atoms with van der Waals surface area (Å²) in [5.41, 5.74) is 5.95. The van der Waals surface area contributed by atoms with E-state index in [-0.39, 0.29) is 11.7 Å². The van der Waals surface area contributed by atoms with E-state index in [0.29, 0.717) is 24.3 Å². The van der Waals surface area contributed by atoms with Crippen molar-refractivity contribution in [3.63, 3.8) is 0 Å². The predicted molar refractivity (Wildman–Crippen MR) is 76.0 cm³/mol. The Bertz CT molecular complexity index is 536. The summed E-state index contributed by atoms with van der Waals surface area (Å²) in [6.07, 6.45) is 1.57. The second-order valence-corrected chi connectivity index (χ2v) is 5.05. The number of para-hydroxylation sites is 1. The molecule has 1 aromatic rings. The number of rotatable bonds is 3. The van der Waals surface area contributed by atoms with Crippen molar-refractivity contribution in [2.45, 2.75) is 25.4 Å². The maximum atomic E-state index is 12.6. The maximum Gasteiger partial charge on any atom is 0.258 e. The summed E-state index contributed by atoms with van der Waals surface area (Å²) in [4.78, 5) is 14.1. The van der Waals surface area contributed by atoms with Gasteiger partial charge in [-0.1, -0.05) is 17.3 Å². The molecule has 1 heterocycles. The third-order valence-electron chi connectivity index (χ3n) is 3.62. The minimum absolute atomic E-state index is 0.0299. The third-order valence-corrected chi connectivity index (χ3v) is 3.62. The highest BCUT2D eigenvalue weighted by atomic mass is 16.5. The van der Waals surface area contributed by atoms with E-state index in [1.807, 2.05) is 0 Å². The number of likely N-dealkylation sites (N-methyl/N-ethyl adjacent to an activating group) is 1. The molecule has 2 rings (SSSR count). The number of ether oxygens (including phenoxy) is 1. The van der Waals surface area contributed by atoms with Crippen LogP contribution < -0.4 is 10.6 Å². The molecule has 6 nitrogen and oxygen atoms in total. The van der Waals surface area contributed by atoms with Gasteiger partial charge in [-0.25, -0.2) is 0 Å². The fourth-order valence-corrected chi connectivity index (χ4v) is 2.45. The van der Waals surface area contributed by atoms with Gasteiger partial charge in [0, 0.05) is 19.2 Å².